The molecule has 0 aromatic carbocycles. The second kappa shape index (κ2) is 4.14. The Labute approximate surface area is 89.8 Å². The third kappa shape index (κ3) is 1.79. The summed E-state index contributed by atoms with van der Waals surface area (Å²) in [5.74, 6) is -2.61. The van der Waals surface area contributed by atoms with E-state index in [0.29, 0.717) is 0 Å². The van der Waals surface area contributed by atoms with Crippen LogP contribution >= 0.6 is 0 Å². The van der Waals surface area contributed by atoms with Crippen molar-refractivity contribution < 1.29 is 13.6 Å². The molecule has 0 saturated heterocycles. The summed E-state index contributed by atoms with van der Waals surface area (Å²) in [7, 11) is 0. The van der Waals surface area contributed by atoms with Crippen molar-refractivity contribution in [1.29, 1.82) is 0 Å². The highest BCUT2D eigenvalue weighted by Crippen LogP contribution is 2.13. The largest absolute Gasteiger partial charge is 0.288 e. The van der Waals surface area contributed by atoms with E-state index >= 15 is 0 Å². The molecular formula is C11H6F2N2O. The van der Waals surface area contributed by atoms with Gasteiger partial charge in [-0.05, 0) is 24.3 Å². The van der Waals surface area contributed by atoms with Crippen LogP contribution in [0.2, 0.25) is 0 Å². The average molecular weight is 220 g/mol. The summed E-state index contributed by atoms with van der Waals surface area (Å²) in [6.07, 6.45) is 2.43. The van der Waals surface area contributed by atoms with Crippen LogP contribution in [0.4, 0.5) is 8.78 Å². The van der Waals surface area contributed by atoms with Crippen LogP contribution in [0, 0.1) is 11.9 Å². The van der Waals surface area contributed by atoms with Gasteiger partial charge in [-0.3, -0.25) is 4.79 Å². The molecule has 0 aliphatic rings. The van der Waals surface area contributed by atoms with E-state index in [1.165, 1.54) is 36.7 Å². The van der Waals surface area contributed by atoms with Gasteiger partial charge in [-0.2, -0.15) is 8.78 Å². The maximum Gasteiger partial charge on any atom is 0.224 e. The number of ketones is 1. The Hall–Kier alpha value is -2.17. The Morgan fingerprint density at radius 2 is 1.38 bits per heavy atom. The third-order valence-electron chi connectivity index (χ3n) is 2.01. The standard InChI is InChI=1S/C11H6F2N2O/c12-10-7(3-1-5-14-10)9(16)8-4-2-6-15-11(8)13/h1-6H. The zero-order chi connectivity index (χ0) is 11.5. The van der Waals surface area contributed by atoms with Crippen LogP contribution in [0.25, 0.3) is 0 Å². The van der Waals surface area contributed by atoms with Gasteiger partial charge in [0.15, 0.2) is 0 Å². The van der Waals surface area contributed by atoms with Crippen molar-refractivity contribution in [3.8, 4) is 0 Å². The molecular weight excluding hydrogens is 214 g/mol. The molecule has 0 aliphatic heterocycles. The SMILES string of the molecule is O=C(c1cccnc1F)c1cccnc1F. The minimum absolute atomic E-state index is 0.269. The molecule has 0 amide bonds. The number of pyridine rings is 2. The van der Waals surface area contributed by atoms with Crippen LogP contribution in [0.5, 0.6) is 0 Å². The predicted molar refractivity (Wildman–Crippen MR) is 51.8 cm³/mol. The lowest BCUT2D eigenvalue weighted by Crippen LogP contribution is -2.08. The third-order valence-corrected chi connectivity index (χ3v) is 2.01. The molecule has 2 aromatic heterocycles. The lowest BCUT2D eigenvalue weighted by molar-refractivity contribution is 0.102. The normalized spacial score (nSPS) is 10.1. The fourth-order valence-electron chi connectivity index (χ4n) is 1.26. The number of hydrogen-bond donors (Lipinski definition) is 0. The summed E-state index contributed by atoms with van der Waals surface area (Å²) in [6, 6.07) is 5.31. The van der Waals surface area contributed by atoms with E-state index < -0.39 is 17.7 Å². The zero-order valence-corrected chi connectivity index (χ0v) is 8.02. The molecule has 0 spiro atoms. The summed E-state index contributed by atoms with van der Waals surface area (Å²) in [5, 5.41) is 0. The average Bonchev–Trinajstić information content (AvgIpc) is 2.29. The smallest absolute Gasteiger partial charge is 0.224 e. The van der Waals surface area contributed by atoms with Gasteiger partial charge in [-0.1, -0.05) is 0 Å². The number of halogens is 2. The predicted octanol–water partition coefficient (Wildman–Crippen LogP) is 1.99. The van der Waals surface area contributed by atoms with Gasteiger partial charge in [-0.25, -0.2) is 9.97 Å². The van der Waals surface area contributed by atoms with Gasteiger partial charge in [0.05, 0.1) is 11.1 Å². The van der Waals surface area contributed by atoms with E-state index in [1.54, 1.807) is 0 Å². The van der Waals surface area contributed by atoms with Crippen LogP contribution < -0.4 is 0 Å². The lowest BCUT2D eigenvalue weighted by Gasteiger charge is -2.01. The summed E-state index contributed by atoms with van der Waals surface area (Å²) < 4.78 is 26.4. The van der Waals surface area contributed by atoms with E-state index in [9.17, 15) is 13.6 Å². The van der Waals surface area contributed by atoms with Crippen LogP contribution in [0.1, 0.15) is 15.9 Å². The molecule has 5 heteroatoms. The van der Waals surface area contributed by atoms with Crippen molar-refractivity contribution in [3.63, 3.8) is 0 Å². The highest BCUT2D eigenvalue weighted by molar-refractivity contribution is 6.08. The van der Waals surface area contributed by atoms with E-state index in [4.69, 9.17) is 0 Å². The monoisotopic (exact) mass is 220 g/mol. The first kappa shape index (κ1) is 10.4. The Balaban J connectivity index is 2.48. The minimum atomic E-state index is -0.921. The van der Waals surface area contributed by atoms with Crippen molar-refractivity contribution in [3.05, 3.63) is 59.7 Å². The molecule has 0 atom stereocenters. The van der Waals surface area contributed by atoms with Gasteiger partial charge < -0.3 is 0 Å². The molecule has 0 saturated carbocycles. The van der Waals surface area contributed by atoms with Crippen LogP contribution in [-0.4, -0.2) is 15.8 Å². The Bertz CT molecular complexity index is 496. The molecule has 2 rings (SSSR count). The number of carbonyl (C=O) groups is 1. The highest BCUT2D eigenvalue weighted by Gasteiger charge is 2.18. The molecule has 0 aliphatic carbocycles. The first-order chi connectivity index (χ1) is 7.70. The van der Waals surface area contributed by atoms with Crippen molar-refractivity contribution in [2.75, 3.05) is 0 Å². The molecule has 80 valence electrons. The lowest BCUT2D eigenvalue weighted by atomic mass is 10.1. The van der Waals surface area contributed by atoms with E-state index in [0.717, 1.165) is 0 Å². The van der Waals surface area contributed by atoms with Gasteiger partial charge in [0.2, 0.25) is 17.7 Å². The fraction of sp³-hybridized carbons (Fsp3) is 0. The topological polar surface area (TPSA) is 42.9 Å². The maximum absolute atomic E-state index is 13.2. The minimum Gasteiger partial charge on any atom is -0.288 e. The molecule has 2 aromatic rings. The first-order valence-electron chi connectivity index (χ1n) is 4.46. The molecule has 0 bridgehead atoms. The number of aromatic nitrogens is 2. The Morgan fingerprint density at radius 3 is 1.75 bits per heavy atom. The molecule has 0 unspecified atom stereocenters. The molecule has 0 fully saturated rings. The van der Waals surface area contributed by atoms with Gasteiger partial charge in [0.1, 0.15) is 0 Å². The van der Waals surface area contributed by atoms with Crippen molar-refractivity contribution in [1.82, 2.24) is 9.97 Å². The molecule has 3 nitrogen and oxygen atoms in total. The number of nitrogens with zero attached hydrogens (tertiary/aromatic N) is 2. The number of rotatable bonds is 2. The second-order valence-electron chi connectivity index (χ2n) is 3.01. The second-order valence-corrected chi connectivity index (χ2v) is 3.01. The molecule has 0 radical (unpaired) electrons. The van der Waals surface area contributed by atoms with Crippen LogP contribution in [0.3, 0.4) is 0 Å². The zero-order valence-electron chi connectivity index (χ0n) is 8.02. The highest BCUT2D eigenvalue weighted by atomic mass is 19.1. The maximum atomic E-state index is 13.2. The molecule has 2 heterocycles. The summed E-state index contributed by atoms with van der Waals surface area (Å²) in [5.41, 5.74) is -0.538. The Kier molecular flexibility index (Phi) is 2.68. The van der Waals surface area contributed by atoms with Crippen LogP contribution in [0.15, 0.2) is 36.7 Å². The quantitative estimate of drug-likeness (QED) is 0.574. The van der Waals surface area contributed by atoms with E-state index in [2.05, 4.69) is 9.97 Å². The van der Waals surface area contributed by atoms with E-state index in [-0.39, 0.29) is 11.1 Å². The number of carbonyl (C=O) groups excluding carboxylic acids is 1. The van der Waals surface area contributed by atoms with Crippen molar-refractivity contribution in [2.45, 2.75) is 0 Å². The summed E-state index contributed by atoms with van der Waals surface area (Å²) >= 11 is 0. The van der Waals surface area contributed by atoms with Crippen LogP contribution in [-0.2, 0) is 0 Å². The summed E-state index contributed by atoms with van der Waals surface area (Å²) in [4.78, 5) is 18.4. The van der Waals surface area contributed by atoms with Gasteiger partial charge in [0, 0.05) is 12.4 Å². The van der Waals surface area contributed by atoms with E-state index in [1.807, 2.05) is 0 Å². The number of hydrogen-bond acceptors (Lipinski definition) is 3. The van der Waals surface area contributed by atoms with Gasteiger partial charge in [0.25, 0.3) is 0 Å². The van der Waals surface area contributed by atoms with Crippen molar-refractivity contribution in [2.24, 2.45) is 0 Å². The molecule has 0 N–H and O–H groups in total. The Morgan fingerprint density at radius 1 is 0.938 bits per heavy atom. The van der Waals surface area contributed by atoms with Crippen molar-refractivity contribution >= 4 is 5.78 Å². The van der Waals surface area contributed by atoms with Gasteiger partial charge in [-0.15, -0.1) is 0 Å². The summed E-state index contributed by atoms with van der Waals surface area (Å²) in [6.45, 7) is 0. The first-order valence-corrected chi connectivity index (χ1v) is 4.46. The fourth-order valence-corrected chi connectivity index (χ4v) is 1.26. The molecule has 16 heavy (non-hydrogen) atoms. The van der Waals surface area contributed by atoms with Gasteiger partial charge >= 0.3 is 0 Å².